The summed E-state index contributed by atoms with van der Waals surface area (Å²) in [5.41, 5.74) is -1.01. The topological polar surface area (TPSA) is 77.0 Å². The average Bonchev–Trinajstić information content (AvgIpc) is 2.50. The van der Waals surface area contributed by atoms with Crippen LogP contribution in [0.4, 0.5) is 0 Å². The lowest BCUT2D eigenvalue weighted by atomic mass is 10.0. The lowest BCUT2D eigenvalue weighted by molar-refractivity contribution is -0.131. The number of hydrogen-bond acceptors (Lipinski definition) is 5. The first-order valence-corrected chi connectivity index (χ1v) is 6.89. The molecule has 116 valence electrons. The van der Waals surface area contributed by atoms with Crippen LogP contribution in [0.5, 0.6) is 11.5 Å². The molecule has 0 saturated carbocycles. The summed E-state index contributed by atoms with van der Waals surface area (Å²) >= 11 is 0. The van der Waals surface area contributed by atoms with Crippen molar-refractivity contribution in [1.29, 1.82) is 0 Å². The van der Waals surface area contributed by atoms with E-state index in [1.807, 2.05) is 12.1 Å². The zero-order valence-electron chi connectivity index (χ0n) is 12.3. The second kappa shape index (κ2) is 6.78. The fourth-order valence-electron chi connectivity index (χ4n) is 1.95. The predicted molar refractivity (Wildman–Crippen MR) is 76.5 cm³/mol. The first kappa shape index (κ1) is 15.6. The van der Waals surface area contributed by atoms with Gasteiger partial charge in [-0.2, -0.15) is 0 Å². The fourth-order valence-corrected chi connectivity index (χ4v) is 1.95. The number of hydrogen-bond donors (Lipinski definition) is 2. The van der Waals surface area contributed by atoms with E-state index in [1.54, 1.807) is 26.2 Å². The van der Waals surface area contributed by atoms with Gasteiger partial charge in [0.15, 0.2) is 11.5 Å². The SMILES string of the molecule is COCCC(C)(O)CNC(=O)C1COc2ccccc2O1. The van der Waals surface area contributed by atoms with Crippen LogP contribution in [0.15, 0.2) is 24.3 Å². The standard InChI is InChI=1S/C15H21NO5/c1-15(18,7-8-19-2)10-16-14(17)13-9-20-11-5-3-4-6-12(11)21-13/h3-6,13,18H,7-10H2,1-2H3,(H,16,17). The second-order valence-corrected chi connectivity index (χ2v) is 5.32. The molecule has 6 heteroatoms. The molecule has 1 aliphatic heterocycles. The Morgan fingerprint density at radius 1 is 1.48 bits per heavy atom. The number of carbonyl (C=O) groups is 1. The Balaban J connectivity index is 1.85. The molecule has 0 aromatic heterocycles. The van der Waals surface area contributed by atoms with Crippen molar-refractivity contribution in [3.63, 3.8) is 0 Å². The Kier molecular flexibility index (Phi) is 5.03. The van der Waals surface area contributed by atoms with Gasteiger partial charge in [-0.15, -0.1) is 0 Å². The number of amides is 1. The van der Waals surface area contributed by atoms with Crippen molar-refractivity contribution in [3.05, 3.63) is 24.3 Å². The van der Waals surface area contributed by atoms with Crippen LogP contribution in [0.1, 0.15) is 13.3 Å². The van der Waals surface area contributed by atoms with Crippen LogP contribution in [0.3, 0.4) is 0 Å². The van der Waals surface area contributed by atoms with Crippen molar-refractivity contribution in [2.45, 2.75) is 25.0 Å². The van der Waals surface area contributed by atoms with Crippen molar-refractivity contribution in [3.8, 4) is 11.5 Å². The van der Waals surface area contributed by atoms with Crippen LogP contribution >= 0.6 is 0 Å². The minimum absolute atomic E-state index is 0.136. The largest absolute Gasteiger partial charge is 0.485 e. The maximum absolute atomic E-state index is 12.1. The monoisotopic (exact) mass is 295 g/mol. The average molecular weight is 295 g/mol. The zero-order chi connectivity index (χ0) is 15.3. The van der Waals surface area contributed by atoms with Crippen LogP contribution in [-0.4, -0.2) is 49.6 Å². The third-order valence-electron chi connectivity index (χ3n) is 3.29. The summed E-state index contributed by atoms with van der Waals surface area (Å²) in [6.07, 6.45) is -0.271. The van der Waals surface area contributed by atoms with Gasteiger partial charge in [0.05, 0.1) is 5.60 Å². The molecule has 2 N–H and O–H groups in total. The van der Waals surface area contributed by atoms with Crippen molar-refractivity contribution >= 4 is 5.91 Å². The maximum Gasteiger partial charge on any atom is 0.264 e. The molecule has 0 saturated heterocycles. The van der Waals surface area contributed by atoms with E-state index in [0.717, 1.165) is 0 Å². The predicted octanol–water partition coefficient (Wildman–Crippen LogP) is 0.730. The molecule has 21 heavy (non-hydrogen) atoms. The molecule has 6 nitrogen and oxygen atoms in total. The van der Waals surface area contributed by atoms with Gasteiger partial charge in [-0.05, 0) is 19.1 Å². The molecule has 2 rings (SSSR count). The Morgan fingerprint density at radius 2 is 2.19 bits per heavy atom. The fraction of sp³-hybridized carbons (Fsp3) is 0.533. The minimum Gasteiger partial charge on any atom is -0.485 e. The molecule has 1 heterocycles. The van der Waals surface area contributed by atoms with Crippen molar-refractivity contribution in [2.75, 3.05) is 26.9 Å². The molecular weight excluding hydrogens is 274 g/mol. The molecule has 1 amide bonds. The van der Waals surface area contributed by atoms with E-state index in [9.17, 15) is 9.90 Å². The van der Waals surface area contributed by atoms with E-state index in [-0.39, 0.29) is 19.1 Å². The van der Waals surface area contributed by atoms with Crippen molar-refractivity contribution < 1.29 is 24.1 Å². The number of rotatable bonds is 6. The molecular formula is C15H21NO5. The van der Waals surface area contributed by atoms with Crippen LogP contribution in [0.25, 0.3) is 0 Å². The summed E-state index contributed by atoms with van der Waals surface area (Å²) in [6, 6.07) is 7.20. The molecule has 1 aliphatic rings. The number of ether oxygens (including phenoxy) is 3. The summed E-state index contributed by atoms with van der Waals surface area (Å²) < 4.78 is 16.0. The summed E-state index contributed by atoms with van der Waals surface area (Å²) in [5.74, 6) is 0.880. The second-order valence-electron chi connectivity index (χ2n) is 5.32. The molecule has 2 unspecified atom stereocenters. The van der Waals surface area contributed by atoms with Gasteiger partial charge in [-0.25, -0.2) is 0 Å². The molecule has 0 bridgehead atoms. The highest BCUT2D eigenvalue weighted by Crippen LogP contribution is 2.30. The summed E-state index contributed by atoms with van der Waals surface area (Å²) in [7, 11) is 1.57. The molecule has 0 spiro atoms. The third kappa shape index (κ3) is 4.34. The number of para-hydroxylation sites is 2. The van der Waals surface area contributed by atoms with E-state index < -0.39 is 11.7 Å². The number of fused-ring (bicyclic) bond motifs is 1. The molecule has 2 atom stereocenters. The lowest BCUT2D eigenvalue weighted by Crippen LogP contribution is -2.49. The Morgan fingerprint density at radius 3 is 2.90 bits per heavy atom. The summed E-state index contributed by atoms with van der Waals surface area (Å²) in [4.78, 5) is 12.1. The van der Waals surface area contributed by atoms with Crippen molar-refractivity contribution in [1.82, 2.24) is 5.32 Å². The van der Waals surface area contributed by atoms with Gasteiger partial charge >= 0.3 is 0 Å². The van der Waals surface area contributed by atoms with Gasteiger partial charge in [-0.1, -0.05) is 12.1 Å². The molecule has 0 radical (unpaired) electrons. The summed E-state index contributed by atoms with van der Waals surface area (Å²) in [5, 5.41) is 12.8. The van der Waals surface area contributed by atoms with E-state index in [4.69, 9.17) is 14.2 Å². The molecule has 1 aromatic rings. The highest BCUT2D eigenvalue weighted by Gasteiger charge is 2.29. The zero-order valence-corrected chi connectivity index (χ0v) is 12.3. The van der Waals surface area contributed by atoms with Gasteiger partial charge in [0, 0.05) is 26.7 Å². The highest BCUT2D eigenvalue weighted by atomic mass is 16.6. The Hall–Kier alpha value is -1.79. The van der Waals surface area contributed by atoms with Gasteiger partial charge in [-0.3, -0.25) is 4.79 Å². The number of aliphatic hydroxyl groups is 1. The Labute approximate surface area is 124 Å². The van der Waals surface area contributed by atoms with Crippen LogP contribution in [-0.2, 0) is 9.53 Å². The third-order valence-corrected chi connectivity index (χ3v) is 3.29. The van der Waals surface area contributed by atoms with Gasteiger partial charge in [0.25, 0.3) is 5.91 Å². The first-order valence-electron chi connectivity index (χ1n) is 6.89. The molecule has 0 aliphatic carbocycles. The lowest BCUT2D eigenvalue weighted by Gasteiger charge is -2.28. The maximum atomic E-state index is 12.1. The van der Waals surface area contributed by atoms with Gasteiger partial charge in [0.2, 0.25) is 6.10 Å². The van der Waals surface area contributed by atoms with E-state index in [0.29, 0.717) is 24.5 Å². The Bertz CT molecular complexity index is 489. The molecule has 1 aromatic carbocycles. The van der Waals surface area contributed by atoms with Gasteiger partial charge in [0.1, 0.15) is 6.61 Å². The van der Waals surface area contributed by atoms with E-state index >= 15 is 0 Å². The van der Waals surface area contributed by atoms with Crippen molar-refractivity contribution in [2.24, 2.45) is 0 Å². The first-order chi connectivity index (χ1) is 10.0. The number of methoxy groups -OCH3 is 1. The number of carbonyl (C=O) groups excluding carboxylic acids is 1. The van der Waals surface area contributed by atoms with Crippen LogP contribution in [0.2, 0.25) is 0 Å². The van der Waals surface area contributed by atoms with Crippen LogP contribution < -0.4 is 14.8 Å². The smallest absolute Gasteiger partial charge is 0.264 e. The van der Waals surface area contributed by atoms with E-state index in [1.165, 1.54) is 0 Å². The van der Waals surface area contributed by atoms with Gasteiger partial charge < -0.3 is 24.6 Å². The normalized spacial score (nSPS) is 19.7. The molecule has 0 fully saturated rings. The minimum atomic E-state index is -1.01. The highest BCUT2D eigenvalue weighted by molar-refractivity contribution is 5.81. The van der Waals surface area contributed by atoms with E-state index in [2.05, 4.69) is 5.32 Å². The van der Waals surface area contributed by atoms with Crippen LogP contribution in [0, 0.1) is 0 Å². The summed E-state index contributed by atoms with van der Waals surface area (Å²) in [6.45, 7) is 2.37. The number of benzene rings is 1. The quantitative estimate of drug-likeness (QED) is 0.809. The number of nitrogens with one attached hydrogen (secondary N) is 1.